The highest BCUT2D eigenvalue weighted by Gasteiger charge is 2.41. The summed E-state index contributed by atoms with van der Waals surface area (Å²) in [6.45, 7) is 2.21. The number of halogens is 3. The van der Waals surface area contributed by atoms with Crippen molar-refractivity contribution < 1.29 is 22.7 Å². The minimum absolute atomic E-state index is 0.0182. The van der Waals surface area contributed by atoms with Crippen LogP contribution in [0.1, 0.15) is 32.6 Å². The fourth-order valence-corrected chi connectivity index (χ4v) is 2.03. The second kappa shape index (κ2) is 6.23. The molecule has 1 fully saturated rings. The van der Waals surface area contributed by atoms with Crippen LogP contribution in [-0.4, -0.2) is 31.3 Å². The van der Waals surface area contributed by atoms with Crippen LogP contribution in [0, 0.1) is 5.92 Å². The zero-order valence-electron chi connectivity index (χ0n) is 9.85. The van der Waals surface area contributed by atoms with Gasteiger partial charge in [0.1, 0.15) is 6.61 Å². The van der Waals surface area contributed by atoms with E-state index in [1.807, 2.05) is 0 Å². The molecule has 0 aliphatic heterocycles. The van der Waals surface area contributed by atoms with Crippen molar-refractivity contribution in [3.05, 3.63) is 0 Å². The molecule has 6 heteroatoms. The van der Waals surface area contributed by atoms with Crippen molar-refractivity contribution in [2.75, 3.05) is 13.2 Å². The molecule has 0 unspecified atom stereocenters. The Morgan fingerprint density at radius 3 is 2.35 bits per heavy atom. The van der Waals surface area contributed by atoms with E-state index in [1.165, 1.54) is 0 Å². The number of alkyl halides is 3. The van der Waals surface area contributed by atoms with E-state index < -0.39 is 12.1 Å². The summed E-state index contributed by atoms with van der Waals surface area (Å²) in [4.78, 5) is 11.3. The van der Waals surface area contributed by atoms with Gasteiger partial charge in [-0.1, -0.05) is 0 Å². The largest absolute Gasteiger partial charge is 0.391 e. The van der Waals surface area contributed by atoms with Crippen molar-refractivity contribution in [2.24, 2.45) is 5.92 Å². The van der Waals surface area contributed by atoms with E-state index in [1.54, 1.807) is 6.92 Å². The summed E-state index contributed by atoms with van der Waals surface area (Å²) < 4.78 is 42.1. The van der Waals surface area contributed by atoms with Gasteiger partial charge in [-0.15, -0.1) is 0 Å². The lowest BCUT2D eigenvalue weighted by Crippen LogP contribution is -2.41. The summed E-state index contributed by atoms with van der Waals surface area (Å²) >= 11 is 0. The predicted octanol–water partition coefficient (Wildman–Crippen LogP) is 2.26. The molecule has 1 amide bonds. The summed E-state index contributed by atoms with van der Waals surface area (Å²) in [7, 11) is 0. The molecule has 0 aromatic heterocycles. The van der Waals surface area contributed by atoms with Gasteiger partial charge in [-0.05, 0) is 32.6 Å². The van der Waals surface area contributed by atoms with Gasteiger partial charge in [-0.2, -0.15) is 13.2 Å². The van der Waals surface area contributed by atoms with Gasteiger partial charge >= 0.3 is 6.18 Å². The van der Waals surface area contributed by atoms with E-state index in [4.69, 9.17) is 4.74 Å². The molecule has 0 saturated heterocycles. The maximum Gasteiger partial charge on any atom is 0.391 e. The maximum atomic E-state index is 12.4. The van der Waals surface area contributed by atoms with Crippen LogP contribution in [0.5, 0.6) is 0 Å². The maximum absolute atomic E-state index is 12.4. The molecule has 100 valence electrons. The number of amides is 1. The normalized spacial score (nSPS) is 25.6. The van der Waals surface area contributed by atoms with Crippen LogP contribution in [0.25, 0.3) is 0 Å². The Balaban J connectivity index is 2.25. The van der Waals surface area contributed by atoms with Crippen LogP contribution in [0.4, 0.5) is 13.2 Å². The van der Waals surface area contributed by atoms with E-state index in [2.05, 4.69) is 5.32 Å². The van der Waals surface area contributed by atoms with Crippen molar-refractivity contribution in [3.8, 4) is 0 Å². The standard InChI is InChI=1S/C11H18F3NO2/c1-2-17-7-10(16)15-9-5-3-8(4-6-9)11(12,13)14/h8-9H,2-7H2,1H3,(H,15,16). The molecule has 0 heterocycles. The molecule has 0 radical (unpaired) electrons. The SMILES string of the molecule is CCOCC(=O)NC1CCC(C(F)(F)F)CC1. The van der Waals surface area contributed by atoms with Crippen LogP contribution < -0.4 is 5.32 Å². The first-order valence-corrected chi connectivity index (χ1v) is 5.87. The first-order chi connectivity index (χ1) is 7.93. The van der Waals surface area contributed by atoms with Gasteiger partial charge in [0, 0.05) is 12.6 Å². The van der Waals surface area contributed by atoms with Crippen molar-refractivity contribution in [2.45, 2.75) is 44.8 Å². The fourth-order valence-electron chi connectivity index (χ4n) is 2.03. The molecule has 1 saturated carbocycles. The molecule has 0 spiro atoms. The second-order valence-corrected chi connectivity index (χ2v) is 4.29. The Kier molecular flexibility index (Phi) is 5.24. The van der Waals surface area contributed by atoms with Crippen LogP contribution in [0.3, 0.4) is 0 Å². The Morgan fingerprint density at radius 2 is 1.88 bits per heavy atom. The van der Waals surface area contributed by atoms with Gasteiger partial charge in [0.2, 0.25) is 5.91 Å². The topological polar surface area (TPSA) is 38.3 Å². The molecule has 1 rings (SSSR count). The van der Waals surface area contributed by atoms with Crippen molar-refractivity contribution >= 4 is 5.91 Å². The zero-order valence-corrected chi connectivity index (χ0v) is 9.85. The zero-order chi connectivity index (χ0) is 12.9. The lowest BCUT2D eigenvalue weighted by atomic mass is 9.85. The number of carbonyl (C=O) groups excluding carboxylic acids is 1. The smallest absolute Gasteiger partial charge is 0.372 e. The average molecular weight is 253 g/mol. The molecule has 0 bridgehead atoms. The molecule has 0 aromatic rings. The highest BCUT2D eigenvalue weighted by molar-refractivity contribution is 5.77. The average Bonchev–Trinajstić information content (AvgIpc) is 2.26. The van der Waals surface area contributed by atoms with E-state index in [0.29, 0.717) is 19.4 Å². The van der Waals surface area contributed by atoms with Crippen molar-refractivity contribution in [3.63, 3.8) is 0 Å². The van der Waals surface area contributed by atoms with Crippen molar-refractivity contribution in [1.82, 2.24) is 5.32 Å². The number of hydrogen-bond donors (Lipinski definition) is 1. The Labute approximate surface area is 98.7 Å². The van der Waals surface area contributed by atoms with Gasteiger partial charge in [0.05, 0.1) is 5.92 Å². The third-order valence-corrected chi connectivity index (χ3v) is 2.99. The lowest BCUT2D eigenvalue weighted by Gasteiger charge is -2.30. The Bertz CT molecular complexity index is 248. The Hall–Kier alpha value is -0.780. The summed E-state index contributed by atoms with van der Waals surface area (Å²) in [5.41, 5.74) is 0. The van der Waals surface area contributed by atoms with Gasteiger partial charge in [-0.3, -0.25) is 4.79 Å². The number of rotatable bonds is 4. The first-order valence-electron chi connectivity index (χ1n) is 5.87. The molecule has 1 N–H and O–H groups in total. The number of hydrogen-bond acceptors (Lipinski definition) is 2. The molecule has 17 heavy (non-hydrogen) atoms. The summed E-state index contributed by atoms with van der Waals surface area (Å²) in [5, 5.41) is 2.69. The monoisotopic (exact) mass is 253 g/mol. The molecule has 0 atom stereocenters. The van der Waals surface area contributed by atoms with Crippen LogP contribution in [0.15, 0.2) is 0 Å². The van der Waals surface area contributed by atoms with E-state index >= 15 is 0 Å². The molecular weight excluding hydrogens is 235 g/mol. The number of nitrogens with one attached hydrogen (secondary N) is 1. The third-order valence-electron chi connectivity index (χ3n) is 2.99. The fraction of sp³-hybridized carbons (Fsp3) is 0.909. The number of carbonyl (C=O) groups is 1. The highest BCUT2D eigenvalue weighted by Crippen LogP contribution is 2.37. The minimum atomic E-state index is -4.10. The highest BCUT2D eigenvalue weighted by atomic mass is 19.4. The summed E-state index contributed by atoms with van der Waals surface area (Å²) in [6, 6.07) is -0.137. The van der Waals surface area contributed by atoms with Crippen LogP contribution in [-0.2, 0) is 9.53 Å². The van der Waals surface area contributed by atoms with Gasteiger partial charge < -0.3 is 10.1 Å². The van der Waals surface area contributed by atoms with E-state index in [9.17, 15) is 18.0 Å². The molecule has 3 nitrogen and oxygen atoms in total. The second-order valence-electron chi connectivity index (χ2n) is 4.29. The third kappa shape index (κ3) is 4.93. The minimum Gasteiger partial charge on any atom is -0.372 e. The van der Waals surface area contributed by atoms with E-state index in [0.717, 1.165) is 0 Å². The van der Waals surface area contributed by atoms with Crippen LogP contribution in [0.2, 0.25) is 0 Å². The van der Waals surface area contributed by atoms with Gasteiger partial charge in [0.15, 0.2) is 0 Å². The first kappa shape index (κ1) is 14.3. The summed E-state index contributed by atoms with van der Waals surface area (Å²) in [6.07, 6.45) is -3.11. The van der Waals surface area contributed by atoms with Gasteiger partial charge in [0.25, 0.3) is 0 Å². The van der Waals surface area contributed by atoms with Gasteiger partial charge in [-0.25, -0.2) is 0 Å². The van der Waals surface area contributed by atoms with E-state index in [-0.39, 0.29) is 31.4 Å². The quantitative estimate of drug-likeness (QED) is 0.834. The number of ether oxygens (including phenoxy) is 1. The lowest BCUT2D eigenvalue weighted by molar-refractivity contribution is -0.182. The van der Waals surface area contributed by atoms with Crippen LogP contribution >= 0.6 is 0 Å². The molecule has 1 aliphatic rings. The molecular formula is C11H18F3NO2. The Morgan fingerprint density at radius 1 is 1.29 bits per heavy atom. The molecule has 0 aromatic carbocycles. The summed E-state index contributed by atoms with van der Waals surface area (Å²) in [5.74, 6) is -1.45. The predicted molar refractivity (Wildman–Crippen MR) is 56.4 cm³/mol. The molecule has 1 aliphatic carbocycles. The van der Waals surface area contributed by atoms with Crippen molar-refractivity contribution in [1.29, 1.82) is 0 Å².